The molecule has 22 heavy (non-hydrogen) atoms. The Morgan fingerprint density at radius 1 is 1.41 bits per heavy atom. The summed E-state index contributed by atoms with van der Waals surface area (Å²) < 4.78 is 5.40. The van der Waals surface area contributed by atoms with Gasteiger partial charge in [0.15, 0.2) is 0 Å². The van der Waals surface area contributed by atoms with Gasteiger partial charge in [0.05, 0.1) is 6.61 Å². The second kappa shape index (κ2) is 8.14. The number of aliphatic hydroxyl groups excluding tert-OH is 1. The standard InChI is InChI=1S/C19H28O3/c1-14(8-6-7-11-20)9-10-18-15(2)12-17(22-16(3)21)13-19(18,4)5/h6-10,17,20H,11-13H2,1-5H3/b7-6+,10-9+,14-8+/t17-/m1/s1. The molecule has 0 radical (unpaired) electrons. The molecule has 1 aliphatic rings. The lowest BCUT2D eigenvalue weighted by Gasteiger charge is -2.37. The lowest BCUT2D eigenvalue weighted by molar-refractivity contribution is -0.147. The van der Waals surface area contributed by atoms with Crippen LogP contribution in [0.1, 0.15) is 47.5 Å². The number of allylic oxidation sites excluding steroid dienone is 6. The van der Waals surface area contributed by atoms with Crippen molar-refractivity contribution >= 4 is 5.97 Å². The molecule has 0 amide bonds. The van der Waals surface area contributed by atoms with Gasteiger partial charge in [0, 0.05) is 13.3 Å². The fourth-order valence-electron chi connectivity index (χ4n) is 3.02. The maximum Gasteiger partial charge on any atom is 0.302 e. The van der Waals surface area contributed by atoms with Crippen molar-refractivity contribution < 1.29 is 14.6 Å². The molecule has 122 valence electrons. The Balaban J connectivity index is 2.90. The summed E-state index contributed by atoms with van der Waals surface area (Å²) in [7, 11) is 0. The normalized spacial score (nSPS) is 22.6. The van der Waals surface area contributed by atoms with Crippen LogP contribution in [0.5, 0.6) is 0 Å². The van der Waals surface area contributed by atoms with Gasteiger partial charge in [-0.15, -0.1) is 0 Å². The zero-order chi connectivity index (χ0) is 16.8. The Morgan fingerprint density at radius 3 is 2.64 bits per heavy atom. The Bertz CT molecular complexity index is 519. The summed E-state index contributed by atoms with van der Waals surface area (Å²) in [4.78, 5) is 11.2. The van der Waals surface area contributed by atoms with Crippen molar-refractivity contribution in [2.45, 2.75) is 53.6 Å². The van der Waals surface area contributed by atoms with Crippen molar-refractivity contribution in [2.24, 2.45) is 5.41 Å². The van der Waals surface area contributed by atoms with Crippen LogP contribution in [-0.2, 0) is 9.53 Å². The number of carbonyl (C=O) groups is 1. The van der Waals surface area contributed by atoms with Crippen LogP contribution in [-0.4, -0.2) is 23.8 Å². The van der Waals surface area contributed by atoms with Crippen LogP contribution >= 0.6 is 0 Å². The maximum atomic E-state index is 11.2. The summed E-state index contributed by atoms with van der Waals surface area (Å²) in [6.45, 7) is 10.1. The first-order valence-electron chi connectivity index (χ1n) is 7.76. The lowest BCUT2D eigenvalue weighted by atomic mass is 9.71. The number of hydrogen-bond acceptors (Lipinski definition) is 3. The topological polar surface area (TPSA) is 46.5 Å². The van der Waals surface area contributed by atoms with Crippen LogP contribution in [0, 0.1) is 5.41 Å². The summed E-state index contributed by atoms with van der Waals surface area (Å²) in [6.07, 6.45) is 11.4. The van der Waals surface area contributed by atoms with Gasteiger partial charge in [0.1, 0.15) is 6.10 Å². The second-order valence-electron chi connectivity index (χ2n) is 6.57. The molecular weight excluding hydrogens is 276 g/mol. The van der Waals surface area contributed by atoms with Gasteiger partial charge in [0.2, 0.25) is 0 Å². The minimum Gasteiger partial charge on any atom is -0.462 e. The molecular formula is C19H28O3. The third-order valence-electron chi connectivity index (χ3n) is 3.91. The summed E-state index contributed by atoms with van der Waals surface area (Å²) in [5, 5.41) is 8.73. The predicted molar refractivity (Wildman–Crippen MR) is 90.4 cm³/mol. The maximum absolute atomic E-state index is 11.2. The highest BCUT2D eigenvalue weighted by atomic mass is 16.5. The van der Waals surface area contributed by atoms with Gasteiger partial charge < -0.3 is 9.84 Å². The Morgan fingerprint density at radius 2 is 2.09 bits per heavy atom. The minimum atomic E-state index is -0.206. The van der Waals surface area contributed by atoms with E-state index in [1.54, 1.807) is 6.08 Å². The number of ether oxygens (including phenoxy) is 1. The zero-order valence-electron chi connectivity index (χ0n) is 14.3. The molecule has 0 aromatic carbocycles. The molecule has 0 bridgehead atoms. The molecule has 3 heteroatoms. The quantitative estimate of drug-likeness (QED) is 0.614. The smallest absolute Gasteiger partial charge is 0.302 e. The van der Waals surface area contributed by atoms with Gasteiger partial charge in [-0.3, -0.25) is 4.79 Å². The van der Waals surface area contributed by atoms with Crippen LogP contribution in [0.4, 0.5) is 0 Å². The molecule has 1 aliphatic carbocycles. The first-order chi connectivity index (χ1) is 10.3. The molecule has 0 aromatic rings. The third-order valence-corrected chi connectivity index (χ3v) is 3.91. The highest BCUT2D eigenvalue weighted by Crippen LogP contribution is 2.42. The average Bonchev–Trinajstić information content (AvgIpc) is 2.36. The van der Waals surface area contributed by atoms with E-state index in [2.05, 4.69) is 32.9 Å². The molecule has 0 saturated heterocycles. The molecule has 0 unspecified atom stereocenters. The molecule has 1 N–H and O–H groups in total. The van der Waals surface area contributed by atoms with Gasteiger partial charge in [-0.2, -0.15) is 0 Å². The first-order valence-corrected chi connectivity index (χ1v) is 7.76. The fraction of sp³-hybridized carbons (Fsp3) is 0.526. The van der Waals surface area contributed by atoms with E-state index in [1.807, 2.05) is 19.1 Å². The number of aliphatic hydroxyl groups is 1. The number of carbonyl (C=O) groups excluding carboxylic acids is 1. The van der Waals surface area contributed by atoms with E-state index in [1.165, 1.54) is 18.1 Å². The molecule has 1 atom stereocenters. The Hall–Kier alpha value is -1.61. The van der Waals surface area contributed by atoms with Crippen molar-refractivity contribution in [1.29, 1.82) is 0 Å². The van der Waals surface area contributed by atoms with Crippen LogP contribution in [0.2, 0.25) is 0 Å². The molecule has 1 rings (SSSR count). The fourth-order valence-corrected chi connectivity index (χ4v) is 3.02. The van der Waals surface area contributed by atoms with Gasteiger partial charge >= 0.3 is 5.97 Å². The first kappa shape index (κ1) is 18.4. The summed E-state index contributed by atoms with van der Waals surface area (Å²) in [5.74, 6) is -0.206. The SMILES string of the molecule is CC(=O)O[C@@H]1CC(C)=C(/C=C/C(C)=C/C=C/CO)C(C)(C)C1. The summed E-state index contributed by atoms with van der Waals surface area (Å²) >= 11 is 0. The highest BCUT2D eigenvalue weighted by Gasteiger charge is 2.33. The van der Waals surface area contributed by atoms with Gasteiger partial charge in [-0.1, -0.05) is 55.4 Å². The predicted octanol–water partition coefficient (Wildman–Crippen LogP) is 4.11. The summed E-state index contributed by atoms with van der Waals surface area (Å²) in [5.41, 5.74) is 3.70. The van der Waals surface area contributed by atoms with Crippen molar-refractivity contribution in [3.63, 3.8) is 0 Å². The number of esters is 1. The molecule has 3 nitrogen and oxygen atoms in total. The van der Waals surface area contributed by atoms with E-state index in [4.69, 9.17) is 9.84 Å². The van der Waals surface area contributed by atoms with Crippen LogP contribution in [0.25, 0.3) is 0 Å². The Kier molecular flexibility index (Phi) is 6.82. The van der Waals surface area contributed by atoms with Crippen molar-refractivity contribution in [2.75, 3.05) is 6.61 Å². The summed E-state index contributed by atoms with van der Waals surface area (Å²) in [6, 6.07) is 0. The van der Waals surface area contributed by atoms with Gasteiger partial charge in [-0.05, 0) is 31.3 Å². The second-order valence-corrected chi connectivity index (χ2v) is 6.57. The van der Waals surface area contributed by atoms with Crippen LogP contribution in [0.15, 0.2) is 47.1 Å². The molecule has 0 saturated carbocycles. The third kappa shape index (κ3) is 5.64. The zero-order valence-corrected chi connectivity index (χ0v) is 14.3. The monoisotopic (exact) mass is 304 g/mol. The van der Waals surface area contributed by atoms with E-state index >= 15 is 0 Å². The van der Waals surface area contributed by atoms with Gasteiger partial charge in [-0.25, -0.2) is 0 Å². The van der Waals surface area contributed by atoms with Crippen LogP contribution < -0.4 is 0 Å². The number of hydrogen-bond donors (Lipinski definition) is 1. The van der Waals surface area contributed by atoms with E-state index in [0.717, 1.165) is 18.4 Å². The molecule has 0 heterocycles. The number of rotatable bonds is 5. The molecule has 0 aliphatic heterocycles. The lowest BCUT2D eigenvalue weighted by Crippen LogP contribution is -2.31. The molecule has 0 spiro atoms. The Labute approximate surface area is 134 Å². The van der Waals surface area contributed by atoms with E-state index in [9.17, 15) is 4.79 Å². The molecule has 0 aromatic heterocycles. The van der Waals surface area contributed by atoms with Crippen molar-refractivity contribution in [3.05, 3.63) is 47.1 Å². The minimum absolute atomic E-state index is 0.0137. The largest absolute Gasteiger partial charge is 0.462 e. The average molecular weight is 304 g/mol. The van der Waals surface area contributed by atoms with E-state index in [-0.39, 0.29) is 24.1 Å². The molecule has 0 fully saturated rings. The van der Waals surface area contributed by atoms with E-state index < -0.39 is 0 Å². The van der Waals surface area contributed by atoms with Crippen molar-refractivity contribution in [3.8, 4) is 0 Å². The van der Waals surface area contributed by atoms with E-state index in [0.29, 0.717) is 0 Å². The highest BCUT2D eigenvalue weighted by molar-refractivity contribution is 5.66. The van der Waals surface area contributed by atoms with Gasteiger partial charge in [0.25, 0.3) is 0 Å². The van der Waals surface area contributed by atoms with Crippen molar-refractivity contribution in [1.82, 2.24) is 0 Å². The van der Waals surface area contributed by atoms with Crippen LogP contribution in [0.3, 0.4) is 0 Å².